The Morgan fingerprint density at radius 3 is 2.31 bits per heavy atom. The van der Waals surface area contributed by atoms with Crippen molar-refractivity contribution in [1.82, 2.24) is 14.8 Å². The molecule has 1 saturated carbocycles. The maximum absolute atomic E-state index is 13.3. The largest absolute Gasteiger partial charge is 0.336 e. The van der Waals surface area contributed by atoms with Crippen LogP contribution in [-0.4, -0.2) is 61.8 Å². The van der Waals surface area contributed by atoms with Crippen LogP contribution in [0.4, 0.5) is 5.69 Å². The smallest absolute Gasteiger partial charge is 0.264 e. The molecule has 0 spiro atoms. The van der Waals surface area contributed by atoms with Gasteiger partial charge in [0.05, 0.1) is 5.52 Å². The van der Waals surface area contributed by atoms with Gasteiger partial charge >= 0.3 is 0 Å². The molecule has 2 aliphatic rings. The van der Waals surface area contributed by atoms with Crippen LogP contribution >= 0.6 is 0 Å². The summed E-state index contributed by atoms with van der Waals surface area (Å²) in [5.74, 6) is 0.678. The van der Waals surface area contributed by atoms with Crippen LogP contribution in [0.1, 0.15) is 63.2 Å². The maximum atomic E-state index is 13.3. The molecule has 222 valence electrons. The number of carbonyl (C=O) groups is 1. The Morgan fingerprint density at radius 1 is 0.929 bits per heavy atom. The monoisotopic (exact) mass is 586 g/mol. The zero-order valence-corrected chi connectivity index (χ0v) is 25.8. The van der Waals surface area contributed by atoms with Crippen LogP contribution in [0.15, 0.2) is 88.5 Å². The lowest BCUT2D eigenvalue weighted by Crippen LogP contribution is -2.49. The SMILES string of the molecule is CC(C)=C(CN1CCN(C(=O)c2ccc(NS(=O)(=O)c3cccc4cccnc34)cc2)CC1)/C(C)=C\C1CCCCC1. The summed E-state index contributed by atoms with van der Waals surface area (Å²) in [6.07, 6.45) is 10.8. The van der Waals surface area contributed by atoms with Gasteiger partial charge in [-0.2, -0.15) is 0 Å². The van der Waals surface area contributed by atoms with E-state index >= 15 is 0 Å². The van der Waals surface area contributed by atoms with Gasteiger partial charge in [-0.15, -0.1) is 0 Å². The third kappa shape index (κ3) is 7.10. The van der Waals surface area contributed by atoms with Gasteiger partial charge in [-0.25, -0.2) is 8.42 Å². The molecule has 42 heavy (non-hydrogen) atoms. The van der Waals surface area contributed by atoms with Gasteiger partial charge in [-0.1, -0.05) is 54.7 Å². The number of rotatable bonds is 8. The molecule has 1 N–H and O–H groups in total. The molecule has 1 aliphatic carbocycles. The van der Waals surface area contributed by atoms with Crippen LogP contribution < -0.4 is 4.72 Å². The molecule has 1 aliphatic heterocycles. The van der Waals surface area contributed by atoms with Gasteiger partial charge in [0.25, 0.3) is 15.9 Å². The molecule has 3 aromatic rings. The number of carbonyl (C=O) groups excluding carboxylic acids is 1. The van der Waals surface area contributed by atoms with E-state index in [2.05, 4.69) is 41.5 Å². The Balaban J connectivity index is 1.18. The van der Waals surface area contributed by atoms with Gasteiger partial charge in [-0.3, -0.25) is 19.4 Å². The molecule has 0 atom stereocenters. The summed E-state index contributed by atoms with van der Waals surface area (Å²) in [6, 6.07) is 15.4. The minimum absolute atomic E-state index is 0.0295. The van der Waals surface area contributed by atoms with Crippen LogP contribution in [0.2, 0.25) is 0 Å². The van der Waals surface area contributed by atoms with Crippen molar-refractivity contribution in [3.8, 4) is 0 Å². The van der Waals surface area contributed by atoms with Crippen molar-refractivity contribution in [2.24, 2.45) is 5.92 Å². The summed E-state index contributed by atoms with van der Waals surface area (Å²) >= 11 is 0. The van der Waals surface area contributed by atoms with Crippen molar-refractivity contribution in [3.05, 3.63) is 89.2 Å². The molecular formula is C34H42N4O3S. The number of fused-ring (bicyclic) bond motifs is 1. The molecule has 7 nitrogen and oxygen atoms in total. The number of nitrogens with one attached hydrogen (secondary N) is 1. The van der Waals surface area contributed by atoms with E-state index in [1.54, 1.807) is 48.7 Å². The van der Waals surface area contributed by atoms with Gasteiger partial charge < -0.3 is 4.90 Å². The number of allylic oxidation sites excluding steroid dienone is 2. The van der Waals surface area contributed by atoms with Crippen LogP contribution in [0.3, 0.4) is 0 Å². The van der Waals surface area contributed by atoms with E-state index in [-0.39, 0.29) is 10.8 Å². The van der Waals surface area contributed by atoms with E-state index in [4.69, 9.17) is 0 Å². The van der Waals surface area contributed by atoms with Gasteiger partial charge in [0.15, 0.2) is 0 Å². The number of pyridine rings is 1. The second-order valence-electron chi connectivity index (χ2n) is 11.8. The topological polar surface area (TPSA) is 82.6 Å². The molecule has 2 fully saturated rings. The Hall–Kier alpha value is -3.49. The second-order valence-corrected chi connectivity index (χ2v) is 13.5. The molecule has 2 heterocycles. The maximum Gasteiger partial charge on any atom is 0.264 e. The summed E-state index contributed by atoms with van der Waals surface area (Å²) in [5, 5.41) is 0.754. The van der Waals surface area contributed by atoms with Crippen molar-refractivity contribution >= 4 is 32.5 Å². The molecule has 1 saturated heterocycles. The lowest BCUT2D eigenvalue weighted by Gasteiger charge is -2.35. The number of hydrogen-bond donors (Lipinski definition) is 1. The average Bonchev–Trinajstić information content (AvgIpc) is 3.00. The van der Waals surface area contributed by atoms with E-state index < -0.39 is 10.0 Å². The second kappa shape index (κ2) is 13.2. The van der Waals surface area contributed by atoms with Crippen molar-refractivity contribution in [3.63, 3.8) is 0 Å². The zero-order chi connectivity index (χ0) is 29.7. The normalized spacial score (nSPS) is 17.3. The Morgan fingerprint density at radius 2 is 1.62 bits per heavy atom. The minimum atomic E-state index is -3.85. The number of aromatic nitrogens is 1. The highest BCUT2D eigenvalue weighted by atomic mass is 32.2. The van der Waals surface area contributed by atoms with Crippen molar-refractivity contribution < 1.29 is 13.2 Å². The number of benzene rings is 2. The third-order valence-corrected chi connectivity index (χ3v) is 9.94. The third-order valence-electron chi connectivity index (χ3n) is 8.53. The first-order valence-electron chi connectivity index (χ1n) is 15.0. The Kier molecular flexibility index (Phi) is 9.43. The number of amides is 1. The number of sulfonamides is 1. The highest BCUT2D eigenvalue weighted by Crippen LogP contribution is 2.28. The fourth-order valence-electron chi connectivity index (χ4n) is 6.13. The summed E-state index contributed by atoms with van der Waals surface area (Å²) in [6.45, 7) is 10.6. The lowest BCUT2D eigenvalue weighted by molar-refractivity contribution is 0.0648. The molecule has 2 aromatic carbocycles. The number of para-hydroxylation sites is 1. The molecular weight excluding hydrogens is 544 g/mol. The molecule has 5 rings (SSSR count). The van der Waals surface area contributed by atoms with Gasteiger partial charge in [0.2, 0.25) is 0 Å². The fourth-order valence-corrected chi connectivity index (χ4v) is 7.37. The number of hydrogen-bond acceptors (Lipinski definition) is 5. The predicted molar refractivity (Wildman–Crippen MR) is 170 cm³/mol. The van der Waals surface area contributed by atoms with Crippen LogP contribution in [-0.2, 0) is 10.0 Å². The quantitative estimate of drug-likeness (QED) is 0.299. The highest BCUT2D eigenvalue weighted by molar-refractivity contribution is 7.93. The van der Waals surface area contributed by atoms with Crippen molar-refractivity contribution in [1.29, 1.82) is 0 Å². The minimum Gasteiger partial charge on any atom is -0.336 e. The molecule has 1 aromatic heterocycles. The number of nitrogens with zero attached hydrogens (tertiary/aromatic N) is 3. The fraction of sp³-hybridized carbons (Fsp3) is 0.412. The van der Waals surface area contributed by atoms with Gasteiger partial charge in [-0.05, 0) is 81.5 Å². The number of anilines is 1. The van der Waals surface area contributed by atoms with Gasteiger partial charge in [0.1, 0.15) is 4.90 Å². The molecule has 0 radical (unpaired) electrons. The highest BCUT2D eigenvalue weighted by Gasteiger charge is 2.24. The lowest BCUT2D eigenvalue weighted by atomic mass is 9.86. The van der Waals surface area contributed by atoms with E-state index in [0.717, 1.165) is 25.0 Å². The first-order chi connectivity index (χ1) is 20.2. The first kappa shape index (κ1) is 30.0. The molecule has 0 unspecified atom stereocenters. The van der Waals surface area contributed by atoms with E-state index in [0.29, 0.717) is 35.8 Å². The van der Waals surface area contributed by atoms with Crippen LogP contribution in [0, 0.1) is 5.92 Å². The van der Waals surface area contributed by atoms with Gasteiger partial charge in [0, 0.05) is 55.6 Å². The predicted octanol–water partition coefficient (Wildman–Crippen LogP) is 6.66. The summed E-state index contributed by atoms with van der Waals surface area (Å²) in [5.41, 5.74) is 5.58. The first-order valence-corrected chi connectivity index (χ1v) is 16.5. The van der Waals surface area contributed by atoms with Crippen molar-refractivity contribution in [2.75, 3.05) is 37.4 Å². The summed E-state index contributed by atoms with van der Waals surface area (Å²) < 4.78 is 28.9. The standard InChI is InChI=1S/C34H42N4O3S/c1-25(2)31(26(3)23-27-9-5-4-6-10-27)24-37-19-21-38(22-20-37)34(39)29-14-16-30(17-15-29)36-42(40,41)32-13-7-11-28-12-8-18-35-33(28)32/h7-8,11-18,23,27,36H,4-6,9-10,19-22,24H2,1-3H3/b26-23-. The molecule has 0 bridgehead atoms. The van der Waals surface area contributed by atoms with Crippen molar-refractivity contribution in [2.45, 2.75) is 57.8 Å². The van der Waals surface area contributed by atoms with Crippen LogP contribution in [0.25, 0.3) is 10.9 Å². The summed E-state index contributed by atoms with van der Waals surface area (Å²) in [4.78, 5) is 22.0. The zero-order valence-electron chi connectivity index (χ0n) is 25.0. The number of piperazine rings is 1. The molecule has 8 heteroatoms. The Bertz CT molecular complexity index is 1570. The van der Waals surface area contributed by atoms with Crippen LogP contribution in [0.5, 0.6) is 0 Å². The van der Waals surface area contributed by atoms with E-state index in [9.17, 15) is 13.2 Å². The Labute approximate surface area is 250 Å². The molecule has 1 amide bonds. The summed E-state index contributed by atoms with van der Waals surface area (Å²) in [7, 11) is -3.85. The average molecular weight is 587 g/mol. The van der Waals surface area contributed by atoms with E-state index in [1.165, 1.54) is 48.8 Å². The van der Waals surface area contributed by atoms with E-state index in [1.807, 2.05) is 17.0 Å².